The molecule has 0 unspecified atom stereocenters. The number of halogens is 1. The molecule has 4 nitrogen and oxygen atoms in total. The van der Waals surface area contributed by atoms with Gasteiger partial charge in [0, 0.05) is 38.4 Å². The van der Waals surface area contributed by atoms with Gasteiger partial charge in [-0.2, -0.15) is 0 Å². The fourth-order valence-electron chi connectivity index (χ4n) is 6.62. The lowest BCUT2D eigenvalue weighted by atomic mass is 9.89. The number of pyridine rings is 1. The van der Waals surface area contributed by atoms with Gasteiger partial charge in [-0.05, 0) is 58.3 Å². The third-order valence-corrected chi connectivity index (χ3v) is 8.98. The van der Waals surface area contributed by atoms with Gasteiger partial charge >= 0.3 is 0 Å². The smallest absolute Gasteiger partial charge is 0.164 e. The van der Waals surface area contributed by atoms with Crippen LogP contribution in [0, 0.1) is 5.82 Å². The Morgan fingerprint density at radius 3 is 1.43 bits per heavy atom. The highest BCUT2D eigenvalue weighted by Crippen LogP contribution is 2.42. The molecule has 0 saturated heterocycles. The summed E-state index contributed by atoms with van der Waals surface area (Å²) in [5, 5.41) is 5.51. The van der Waals surface area contributed by atoms with Gasteiger partial charge in [-0.15, -0.1) is 0 Å². The van der Waals surface area contributed by atoms with Gasteiger partial charge in [0.15, 0.2) is 17.5 Å². The minimum Gasteiger partial charge on any atom is -0.247 e. The molecule has 49 heavy (non-hydrogen) atoms. The van der Waals surface area contributed by atoms with Gasteiger partial charge in [0.2, 0.25) is 0 Å². The second-order valence-corrected chi connectivity index (χ2v) is 12.0. The van der Waals surface area contributed by atoms with Crippen molar-refractivity contribution in [1.29, 1.82) is 0 Å². The molecule has 0 bridgehead atoms. The molecule has 0 radical (unpaired) electrons. The number of hydrogen-bond acceptors (Lipinski definition) is 4. The van der Waals surface area contributed by atoms with Crippen LogP contribution in [0.1, 0.15) is 0 Å². The molecule has 2 aromatic heterocycles. The number of benzene rings is 7. The molecule has 7 aromatic carbocycles. The summed E-state index contributed by atoms with van der Waals surface area (Å²) in [4.78, 5) is 19.8. The lowest BCUT2D eigenvalue weighted by molar-refractivity contribution is 0.628. The van der Waals surface area contributed by atoms with Gasteiger partial charge in [0.05, 0.1) is 11.2 Å². The molecule has 9 aromatic rings. The summed E-state index contributed by atoms with van der Waals surface area (Å²) in [6.45, 7) is 0. The van der Waals surface area contributed by atoms with E-state index in [1.807, 2.05) is 72.8 Å². The first-order valence-corrected chi connectivity index (χ1v) is 16.2. The molecule has 0 saturated carbocycles. The maximum absolute atomic E-state index is 14.0. The molecule has 9 rings (SSSR count). The predicted molar refractivity (Wildman–Crippen MR) is 197 cm³/mol. The Kier molecular flexibility index (Phi) is 6.95. The topological polar surface area (TPSA) is 51.6 Å². The number of para-hydroxylation sites is 1. The second-order valence-electron chi connectivity index (χ2n) is 12.0. The van der Waals surface area contributed by atoms with Crippen molar-refractivity contribution in [3.05, 3.63) is 170 Å². The molecule has 0 fully saturated rings. The van der Waals surface area contributed by atoms with Crippen LogP contribution in [0.5, 0.6) is 0 Å². The summed E-state index contributed by atoms with van der Waals surface area (Å²) in [6, 6.07) is 54.0. The molecule has 230 valence electrons. The van der Waals surface area contributed by atoms with Crippen LogP contribution in [0.4, 0.5) is 4.39 Å². The van der Waals surface area contributed by atoms with E-state index in [9.17, 15) is 4.39 Å². The Morgan fingerprint density at radius 1 is 0.347 bits per heavy atom. The van der Waals surface area contributed by atoms with Crippen LogP contribution >= 0.6 is 0 Å². The highest BCUT2D eigenvalue weighted by Gasteiger charge is 2.17. The number of fused-ring (bicyclic) bond motifs is 5. The quantitative estimate of drug-likeness (QED) is 0.178. The predicted octanol–water partition coefficient (Wildman–Crippen LogP) is 11.2. The number of hydrogen-bond donors (Lipinski definition) is 0. The molecule has 0 amide bonds. The summed E-state index contributed by atoms with van der Waals surface area (Å²) in [6.07, 6.45) is 0. The number of rotatable bonds is 5. The summed E-state index contributed by atoms with van der Waals surface area (Å²) in [7, 11) is 0. The molecule has 0 aliphatic rings. The fraction of sp³-hybridized carbons (Fsp3) is 0. The van der Waals surface area contributed by atoms with Crippen molar-refractivity contribution in [2.24, 2.45) is 0 Å². The van der Waals surface area contributed by atoms with Crippen LogP contribution in [0.15, 0.2) is 164 Å². The zero-order chi connectivity index (χ0) is 32.7. The Labute approximate surface area is 282 Å². The number of aromatic nitrogens is 4. The van der Waals surface area contributed by atoms with E-state index in [4.69, 9.17) is 19.9 Å². The second kappa shape index (κ2) is 11.9. The van der Waals surface area contributed by atoms with E-state index in [1.54, 1.807) is 12.1 Å². The monoisotopic (exact) mass is 630 g/mol. The van der Waals surface area contributed by atoms with Crippen LogP contribution in [-0.4, -0.2) is 19.9 Å². The maximum Gasteiger partial charge on any atom is 0.164 e. The van der Waals surface area contributed by atoms with E-state index in [2.05, 4.69) is 66.7 Å². The van der Waals surface area contributed by atoms with Gasteiger partial charge in [0.1, 0.15) is 5.82 Å². The molecule has 2 heterocycles. The minimum atomic E-state index is -0.273. The average molecular weight is 631 g/mol. The Bertz CT molecular complexity index is 2580. The van der Waals surface area contributed by atoms with Crippen LogP contribution < -0.4 is 0 Å². The van der Waals surface area contributed by atoms with E-state index in [0.29, 0.717) is 17.5 Å². The molecule has 0 aliphatic heterocycles. The normalized spacial score (nSPS) is 11.4. The largest absolute Gasteiger partial charge is 0.247 e. The van der Waals surface area contributed by atoms with Crippen molar-refractivity contribution >= 4 is 32.4 Å². The van der Waals surface area contributed by atoms with E-state index >= 15 is 0 Å². The van der Waals surface area contributed by atoms with Crippen molar-refractivity contribution in [3.63, 3.8) is 0 Å². The number of nitrogens with zero attached hydrogens (tertiary/aromatic N) is 4. The lowest BCUT2D eigenvalue weighted by Gasteiger charge is -2.16. The van der Waals surface area contributed by atoms with Crippen molar-refractivity contribution in [3.8, 4) is 56.5 Å². The lowest BCUT2D eigenvalue weighted by Crippen LogP contribution is -2.00. The highest BCUT2D eigenvalue weighted by atomic mass is 19.1. The van der Waals surface area contributed by atoms with E-state index in [0.717, 1.165) is 71.5 Å². The van der Waals surface area contributed by atoms with Crippen LogP contribution in [0.2, 0.25) is 0 Å². The van der Waals surface area contributed by atoms with Gasteiger partial charge in [-0.3, -0.25) is 0 Å². The highest BCUT2D eigenvalue weighted by molar-refractivity contribution is 6.25. The fourth-order valence-corrected chi connectivity index (χ4v) is 6.62. The molecule has 0 N–H and O–H groups in total. The maximum atomic E-state index is 14.0. The zero-order valence-corrected chi connectivity index (χ0v) is 26.3. The first-order chi connectivity index (χ1) is 24.2. The first kappa shape index (κ1) is 28.6. The Morgan fingerprint density at radius 2 is 0.816 bits per heavy atom. The minimum absolute atomic E-state index is 0.273. The third-order valence-electron chi connectivity index (χ3n) is 8.98. The molecule has 5 heteroatoms. The van der Waals surface area contributed by atoms with Crippen LogP contribution in [-0.2, 0) is 0 Å². The summed E-state index contributed by atoms with van der Waals surface area (Å²) in [5.74, 6) is 1.59. The van der Waals surface area contributed by atoms with Crippen molar-refractivity contribution in [2.75, 3.05) is 0 Å². The van der Waals surface area contributed by atoms with Gasteiger partial charge < -0.3 is 0 Å². The van der Waals surface area contributed by atoms with Crippen LogP contribution in [0.3, 0.4) is 0 Å². The molecule has 0 aliphatic carbocycles. The Balaban J connectivity index is 1.23. The molecular formula is C44H27FN4. The molecular weight excluding hydrogens is 604 g/mol. The van der Waals surface area contributed by atoms with E-state index in [-0.39, 0.29) is 5.82 Å². The molecule has 0 atom stereocenters. The standard InChI is InChI=1S/C44H27FN4/c45-33-25-23-29(24-26-33)41-38-27-37(34-15-7-8-16-35(34)40(38)36-17-9-10-18-39(36)46-41)28-19-21-32(22-20-28)44-48-42(30-11-3-1-4-12-30)47-43(49-44)31-13-5-2-6-14-31/h1-27H. The average Bonchev–Trinajstić information content (AvgIpc) is 3.18. The third kappa shape index (κ3) is 5.18. The Hall–Kier alpha value is -6.59. The van der Waals surface area contributed by atoms with E-state index in [1.165, 1.54) is 12.1 Å². The zero-order valence-electron chi connectivity index (χ0n) is 26.3. The van der Waals surface area contributed by atoms with Gasteiger partial charge in [-0.25, -0.2) is 24.3 Å². The van der Waals surface area contributed by atoms with Crippen molar-refractivity contribution in [1.82, 2.24) is 19.9 Å². The summed E-state index contributed by atoms with van der Waals surface area (Å²) < 4.78 is 14.0. The molecule has 0 spiro atoms. The van der Waals surface area contributed by atoms with Crippen molar-refractivity contribution < 1.29 is 4.39 Å². The first-order valence-electron chi connectivity index (χ1n) is 16.2. The van der Waals surface area contributed by atoms with Crippen molar-refractivity contribution in [2.45, 2.75) is 0 Å². The van der Waals surface area contributed by atoms with Gasteiger partial charge in [0.25, 0.3) is 0 Å². The SMILES string of the molecule is Fc1ccc(-c2nc3ccccc3c3c2cc(-c2ccc(-c4nc(-c5ccccc5)nc(-c5ccccc5)n4)cc2)c2ccccc23)cc1. The van der Waals surface area contributed by atoms with E-state index < -0.39 is 0 Å². The summed E-state index contributed by atoms with van der Waals surface area (Å²) in [5.41, 5.74) is 7.49. The summed E-state index contributed by atoms with van der Waals surface area (Å²) >= 11 is 0. The van der Waals surface area contributed by atoms with Gasteiger partial charge in [-0.1, -0.05) is 127 Å². The van der Waals surface area contributed by atoms with Crippen LogP contribution in [0.25, 0.3) is 89.0 Å².